The van der Waals surface area contributed by atoms with Gasteiger partial charge in [0, 0.05) is 12.1 Å². The Bertz CT molecular complexity index is 117. The Labute approximate surface area is 89.1 Å². The lowest BCUT2D eigenvalue weighted by Crippen LogP contribution is -2.36. The second-order valence-electron chi connectivity index (χ2n) is 4.35. The summed E-state index contributed by atoms with van der Waals surface area (Å²) in [4.78, 5) is 0. The fourth-order valence-electron chi connectivity index (χ4n) is 1.68. The largest absolute Gasteiger partial charge is 0.395 e. The van der Waals surface area contributed by atoms with Crippen molar-refractivity contribution >= 4 is 0 Å². The van der Waals surface area contributed by atoms with Gasteiger partial charge in [-0.15, -0.1) is 0 Å². The normalized spacial score (nSPS) is 15.4. The Morgan fingerprint density at radius 1 is 1.00 bits per heavy atom. The summed E-state index contributed by atoms with van der Waals surface area (Å²) in [7, 11) is 0. The second kappa shape index (κ2) is 9.47. The lowest BCUT2D eigenvalue weighted by Gasteiger charge is -2.17. The Morgan fingerprint density at radius 3 is 2.21 bits per heavy atom. The highest BCUT2D eigenvalue weighted by Crippen LogP contribution is 2.07. The SMILES string of the molecule is CCCCCCCC(C)NC(C)CO. The average molecular weight is 201 g/mol. The molecule has 0 aromatic heterocycles. The highest BCUT2D eigenvalue weighted by atomic mass is 16.3. The predicted octanol–water partition coefficient (Wildman–Crippen LogP) is 2.71. The van der Waals surface area contributed by atoms with Crippen molar-refractivity contribution in [2.24, 2.45) is 0 Å². The number of hydrogen-bond acceptors (Lipinski definition) is 2. The minimum atomic E-state index is 0.236. The van der Waals surface area contributed by atoms with Crippen LogP contribution in [0.2, 0.25) is 0 Å². The quantitative estimate of drug-likeness (QED) is 0.562. The van der Waals surface area contributed by atoms with Gasteiger partial charge in [-0.25, -0.2) is 0 Å². The van der Waals surface area contributed by atoms with Crippen LogP contribution in [-0.2, 0) is 0 Å². The first-order valence-electron chi connectivity index (χ1n) is 6.07. The maximum Gasteiger partial charge on any atom is 0.0582 e. The van der Waals surface area contributed by atoms with E-state index >= 15 is 0 Å². The number of nitrogens with one attached hydrogen (secondary N) is 1. The number of rotatable bonds is 9. The van der Waals surface area contributed by atoms with Crippen LogP contribution in [-0.4, -0.2) is 23.8 Å². The van der Waals surface area contributed by atoms with E-state index < -0.39 is 0 Å². The molecule has 14 heavy (non-hydrogen) atoms. The first kappa shape index (κ1) is 13.9. The van der Waals surface area contributed by atoms with Crippen molar-refractivity contribution < 1.29 is 5.11 Å². The second-order valence-corrected chi connectivity index (χ2v) is 4.35. The number of aliphatic hydroxyl groups excluding tert-OH is 1. The van der Waals surface area contributed by atoms with E-state index in [0.717, 1.165) is 0 Å². The van der Waals surface area contributed by atoms with Crippen LogP contribution in [0.25, 0.3) is 0 Å². The molecular weight excluding hydrogens is 174 g/mol. The van der Waals surface area contributed by atoms with Crippen molar-refractivity contribution in [3.05, 3.63) is 0 Å². The average Bonchev–Trinajstić information content (AvgIpc) is 2.17. The first-order chi connectivity index (χ1) is 6.70. The fraction of sp³-hybridized carbons (Fsp3) is 1.00. The van der Waals surface area contributed by atoms with E-state index in [0.29, 0.717) is 6.04 Å². The molecule has 0 fully saturated rings. The summed E-state index contributed by atoms with van der Waals surface area (Å²) in [6, 6.07) is 0.777. The third kappa shape index (κ3) is 8.52. The number of unbranched alkanes of at least 4 members (excludes halogenated alkanes) is 4. The van der Waals surface area contributed by atoms with Crippen molar-refractivity contribution in [3.8, 4) is 0 Å². The van der Waals surface area contributed by atoms with Crippen LogP contribution < -0.4 is 5.32 Å². The maximum atomic E-state index is 8.86. The summed E-state index contributed by atoms with van der Waals surface area (Å²) >= 11 is 0. The van der Waals surface area contributed by atoms with Crippen molar-refractivity contribution in [3.63, 3.8) is 0 Å². The molecule has 0 spiro atoms. The van der Waals surface area contributed by atoms with E-state index in [1.807, 2.05) is 6.92 Å². The molecule has 0 aliphatic carbocycles. The van der Waals surface area contributed by atoms with E-state index in [1.54, 1.807) is 0 Å². The molecule has 0 aliphatic rings. The number of hydrogen-bond donors (Lipinski definition) is 2. The summed E-state index contributed by atoms with van der Waals surface area (Å²) in [6.07, 6.45) is 7.96. The highest BCUT2D eigenvalue weighted by molar-refractivity contribution is 4.66. The molecule has 0 saturated heterocycles. The van der Waals surface area contributed by atoms with Gasteiger partial charge in [0.1, 0.15) is 0 Å². The highest BCUT2D eigenvalue weighted by Gasteiger charge is 2.05. The molecule has 2 atom stereocenters. The van der Waals surface area contributed by atoms with Crippen molar-refractivity contribution in [2.45, 2.75) is 71.4 Å². The molecule has 0 bridgehead atoms. The van der Waals surface area contributed by atoms with Crippen LogP contribution in [0.4, 0.5) is 0 Å². The van der Waals surface area contributed by atoms with Gasteiger partial charge < -0.3 is 10.4 Å². The predicted molar refractivity (Wildman–Crippen MR) is 62.5 cm³/mol. The van der Waals surface area contributed by atoms with Crippen LogP contribution >= 0.6 is 0 Å². The minimum Gasteiger partial charge on any atom is -0.395 e. The van der Waals surface area contributed by atoms with Gasteiger partial charge in [0.2, 0.25) is 0 Å². The van der Waals surface area contributed by atoms with Crippen LogP contribution in [0.5, 0.6) is 0 Å². The van der Waals surface area contributed by atoms with Gasteiger partial charge in [-0.3, -0.25) is 0 Å². The van der Waals surface area contributed by atoms with Gasteiger partial charge in [0.05, 0.1) is 6.61 Å². The van der Waals surface area contributed by atoms with Crippen LogP contribution in [0.3, 0.4) is 0 Å². The summed E-state index contributed by atoms with van der Waals surface area (Å²) in [6.45, 7) is 6.70. The summed E-state index contributed by atoms with van der Waals surface area (Å²) < 4.78 is 0. The Morgan fingerprint density at radius 2 is 1.64 bits per heavy atom. The minimum absolute atomic E-state index is 0.236. The topological polar surface area (TPSA) is 32.3 Å². The Kier molecular flexibility index (Phi) is 9.42. The van der Waals surface area contributed by atoms with Gasteiger partial charge in [0.15, 0.2) is 0 Å². The third-order valence-electron chi connectivity index (χ3n) is 2.58. The maximum absolute atomic E-state index is 8.86. The fourth-order valence-corrected chi connectivity index (χ4v) is 1.68. The molecule has 0 aromatic rings. The smallest absolute Gasteiger partial charge is 0.0582 e. The zero-order valence-corrected chi connectivity index (χ0v) is 10.1. The van der Waals surface area contributed by atoms with Crippen molar-refractivity contribution in [1.29, 1.82) is 0 Å². The van der Waals surface area contributed by atoms with E-state index in [-0.39, 0.29) is 12.6 Å². The molecule has 0 aromatic carbocycles. The summed E-state index contributed by atoms with van der Waals surface area (Å²) in [5.74, 6) is 0. The van der Waals surface area contributed by atoms with Crippen LogP contribution in [0.1, 0.15) is 59.3 Å². The van der Waals surface area contributed by atoms with E-state index in [2.05, 4.69) is 19.2 Å². The van der Waals surface area contributed by atoms with Gasteiger partial charge in [-0.05, 0) is 20.3 Å². The first-order valence-corrected chi connectivity index (χ1v) is 6.07. The zero-order valence-electron chi connectivity index (χ0n) is 10.1. The molecule has 2 N–H and O–H groups in total. The molecule has 0 saturated carbocycles. The summed E-state index contributed by atoms with van der Waals surface area (Å²) in [5, 5.41) is 12.2. The number of aliphatic hydroxyl groups is 1. The third-order valence-corrected chi connectivity index (χ3v) is 2.58. The van der Waals surface area contributed by atoms with E-state index in [9.17, 15) is 0 Å². The van der Waals surface area contributed by atoms with E-state index in [4.69, 9.17) is 5.11 Å². The van der Waals surface area contributed by atoms with Gasteiger partial charge in [-0.2, -0.15) is 0 Å². The standard InChI is InChI=1S/C12H27NO/c1-4-5-6-7-8-9-11(2)13-12(3)10-14/h11-14H,4-10H2,1-3H3. The van der Waals surface area contributed by atoms with Crippen molar-refractivity contribution in [2.75, 3.05) is 6.61 Å². The Hall–Kier alpha value is -0.0800. The van der Waals surface area contributed by atoms with Crippen LogP contribution in [0, 0.1) is 0 Å². The molecule has 0 amide bonds. The van der Waals surface area contributed by atoms with Gasteiger partial charge in [0.25, 0.3) is 0 Å². The molecule has 0 aliphatic heterocycles. The summed E-state index contributed by atoms with van der Waals surface area (Å²) in [5.41, 5.74) is 0. The molecule has 0 rings (SSSR count). The molecule has 2 heteroatoms. The molecule has 2 nitrogen and oxygen atoms in total. The molecule has 0 radical (unpaired) electrons. The van der Waals surface area contributed by atoms with Crippen molar-refractivity contribution in [1.82, 2.24) is 5.32 Å². The zero-order chi connectivity index (χ0) is 10.8. The lowest BCUT2D eigenvalue weighted by atomic mass is 10.1. The molecule has 2 unspecified atom stereocenters. The molecule has 0 heterocycles. The van der Waals surface area contributed by atoms with Crippen LogP contribution in [0.15, 0.2) is 0 Å². The lowest BCUT2D eigenvalue weighted by molar-refractivity contribution is 0.240. The molecular formula is C12H27NO. The monoisotopic (exact) mass is 201 g/mol. The molecule has 86 valence electrons. The van der Waals surface area contributed by atoms with Gasteiger partial charge >= 0.3 is 0 Å². The van der Waals surface area contributed by atoms with Gasteiger partial charge in [-0.1, -0.05) is 39.0 Å². The Balaban J connectivity index is 3.22. The van der Waals surface area contributed by atoms with E-state index in [1.165, 1.54) is 38.5 Å².